The van der Waals surface area contributed by atoms with E-state index in [2.05, 4.69) is 5.32 Å². The van der Waals surface area contributed by atoms with Gasteiger partial charge in [-0.25, -0.2) is 4.39 Å². The second-order valence-corrected chi connectivity index (χ2v) is 4.62. The fourth-order valence-corrected chi connectivity index (χ4v) is 1.94. The summed E-state index contributed by atoms with van der Waals surface area (Å²) in [6.45, 7) is 1.89. The van der Waals surface area contributed by atoms with Gasteiger partial charge in [0.1, 0.15) is 5.82 Å². The van der Waals surface area contributed by atoms with Crippen LogP contribution in [0.4, 0.5) is 15.8 Å². The maximum Gasteiger partial charge on any atom is 0.255 e. The van der Waals surface area contributed by atoms with Crippen molar-refractivity contribution in [3.8, 4) is 0 Å². The molecule has 1 amide bonds. The van der Waals surface area contributed by atoms with Crippen LogP contribution in [0.3, 0.4) is 0 Å². The zero-order chi connectivity index (χ0) is 14.0. The summed E-state index contributed by atoms with van der Waals surface area (Å²) in [5.41, 5.74) is 7.29. The van der Waals surface area contributed by atoms with Crippen LogP contribution in [-0.2, 0) is 0 Å². The smallest absolute Gasteiger partial charge is 0.255 e. The Morgan fingerprint density at radius 1 is 1.26 bits per heavy atom. The van der Waals surface area contributed by atoms with Gasteiger partial charge in [0, 0.05) is 11.3 Å². The van der Waals surface area contributed by atoms with Crippen LogP contribution in [0.2, 0.25) is 5.02 Å². The van der Waals surface area contributed by atoms with Crippen LogP contribution in [0.1, 0.15) is 15.9 Å². The minimum atomic E-state index is -0.555. The fourth-order valence-electron chi connectivity index (χ4n) is 1.66. The number of rotatable bonds is 2. The summed E-state index contributed by atoms with van der Waals surface area (Å²) >= 11 is 6.01. The molecule has 19 heavy (non-hydrogen) atoms. The molecule has 2 rings (SSSR count). The quantitative estimate of drug-likeness (QED) is 0.824. The van der Waals surface area contributed by atoms with E-state index in [1.807, 2.05) is 13.0 Å². The van der Waals surface area contributed by atoms with Crippen LogP contribution >= 0.6 is 11.6 Å². The van der Waals surface area contributed by atoms with Gasteiger partial charge in [0.2, 0.25) is 0 Å². The van der Waals surface area contributed by atoms with Gasteiger partial charge >= 0.3 is 0 Å². The summed E-state index contributed by atoms with van der Waals surface area (Å²) in [5.74, 6) is -1.02. The van der Waals surface area contributed by atoms with Crippen molar-refractivity contribution in [3.63, 3.8) is 0 Å². The molecule has 0 saturated carbocycles. The van der Waals surface area contributed by atoms with E-state index in [1.165, 1.54) is 6.07 Å². The molecular formula is C14H12ClFN2O. The number of nitrogens with two attached hydrogens (primary N) is 1. The number of carbonyl (C=O) groups excluding carboxylic acids is 1. The number of aryl methyl sites for hydroxylation is 1. The maximum absolute atomic E-state index is 13.2. The van der Waals surface area contributed by atoms with E-state index in [1.54, 1.807) is 12.1 Å². The number of nitrogen functional groups attached to an aromatic ring is 1. The molecule has 0 aliphatic rings. The number of benzene rings is 2. The molecule has 0 spiro atoms. The van der Waals surface area contributed by atoms with Crippen LogP contribution in [-0.4, -0.2) is 5.91 Å². The Morgan fingerprint density at radius 3 is 2.63 bits per heavy atom. The highest BCUT2D eigenvalue weighted by Gasteiger charge is 2.10. The molecule has 0 saturated heterocycles. The molecule has 0 aromatic heterocycles. The molecule has 0 heterocycles. The predicted octanol–water partition coefficient (Wildman–Crippen LogP) is 3.62. The van der Waals surface area contributed by atoms with E-state index in [0.29, 0.717) is 10.7 Å². The highest BCUT2D eigenvalue weighted by molar-refractivity contribution is 6.34. The summed E-state index contributed by atoms with van der Waals surface area (Å²) < 4.78 is 13.2. The van der Waals surface area contributed by atoms with E-state index in [0.717, 1.165) is 17.7 Å². The van der Waals surface area contributed by atoms with Gasteiger partial charge in [-0.2, -0.15) is 0 Å². The van der Waals surface area contributed by atoms with Crippen molar-refractivity contribution < 1.29 is 9.18 Å². The van der Waals surface area contributed by atoms with Crippen LogP contribution in [0.15, 0.2) is 36.4 Å². The van der Waals surface area contributed by atoms with Crippen molar-refractivity contribution in [1.29, 1.82) is 0 Å². The van der Waals surface area contributed by atoms with Gasteiger partial charge in [0.05, 0.1) is 10.7 Å². The van der Waals surface area contributed by atoms with Crippen LogP contribution in [0.5, 0.6) is 0 Å². The van der Waals surface area contributed by atoms with Crippen molar-refractivity contribution in [2.24, 2.45) is 0 Å². The third kappa shape index (κ3) is 3.23. The average Bonchev–Trinajstić information content (AvgIpc) is 2.31. The van der Waals surface area contributed by atoms with Gasteiger partial charge < -0.3 is 11.1 Å². The Morgan fingerprint density at radius 2 is 2.00 bits per heavy atom. The molecule has 5 heteroatoms. The Labute approximate surface area is 115 Å². The number of hydrogen-bond acceptors (Lipinski definition) is 2. The average molecular weight is 279 g/mol. The second kappa shape index (κ2) is 5.28. The van der Waals surface area contributed by atoms with Crippen molar-refractivity contribution in [1.82, 2.24) is 0 Å². The van der Waals surface area contributed by atoms with Gasteiger partial charge in [0.25, 0.3) is 5.91 Å². The lowest BCUT2D eigenvalue weighted by atomic mass is 10.1. The zero-order valence-corrected chi connectivity index (χ0v) is 11.0. The first-order chi connectivity index (χ1) is 8.95. The Bertz CT molecular complexity index is 623. The van der Waals surface area contributed by atoms with E-state index >= 15 is 0 Å². The minimum absolute atomic E-state index is 0.147. The van der Waals surface area contributed by atoms with Crippen molar-refractivity contribution in [2.75, 3.05) is 11.1 Å². The summed E-state index contributed by atoms with van der Waals surface area (Å²) in [5, 5.41) is 3.04. The Hall–Kier alpha value is -2.07. The predicted molar refractivity (Wildman–Crippen MR) is 75.0 cm³/mol. The van der Waals surface area contributed by atoms with Crippen molar-refractivity contribution >= 4 is 28.9 Å². The van der Waals surface area contributed by atoms with Gasteiger partial charge in [-0.15, -0.1) is 0 Å². The summed E-state index contributed by atoms with van der Waals surface area (Å²) in [6, 6.07) is 8.92. The molecule has 0 bridgehead atoms. The van der Waals surface area contributed by atoms with Crippen LogP contribution in [0, 0.1) is 12.7 Å². The summed E-state index contributed by atoms with van der Waals surface area (Å²) in [6.07, 6.45) is 0. The first-order valence-electron chi connectivity index (χ1n) is 5.59. The Balaban J connectivity index is 2.25. The molecule has 98 valence electrons. The lowest BCUT2D eigenvalue weighted by Gasteiger charge is -2.08. The normalized spacial score (nSPS) is 10.3. The largest absolute Gasteiger partial charge is 0.399 e. The van der Waals surface area contributed by atoms with Gasteiger partial charge in [-0.3, -0.25) is 4.79 Å². The third-order valence-electron chi connectivity index (χ3n) is 2.56. The van der Waals surface area contributed by atoms with Crippen molar-refractivity contribution in [3.05, 3.63) is 58.4 Å². The molecule has 0 fully saturated rings. The lowest BCUT2D eigenvalue weighted by molar-refractivity contribution is 0.102. The Kier molecular flexibility index (Phi) is 3.71. The number of anilines is 2. The number of amides is 1. The zero-order valence-electron chi connectivity index (χ0n) is 10.2. The van der Waals surface area contributed by atoms with E-state index in [9.17, 15) is 9.18 Å². The standard InChI is InChI=1S/C14H12ClFN2O/c1-8-2-3-13(12(15)4-8)18-14(19)9-5-10(16)7-11(17)6-9/h2-7H,17H2,1H3,(H,18,19). The molecule has 3 nitrogen and oxygen atoms in total. The van der Waals surface area contributed by atoms with Gasteiger partial charge in [-0.05, 0) is 42.8 Å². The minimum Gasteiger partial charge on any atom is -0.399 e. The SMILES string of the molecule is Cc1ccc(NC(=O)c2cc(N)cc(F)c2)c(Cl)c1. The van der Waals surface area contributed by atoms with Gasteiger partial charge in [0.15, 0.2) is 0 Å². The van der Waals surface area contributed by atoms with Crippen LogP contribution < -0.4 is 11.1 Å². The molecule has 0 aliphatic heterocycles. The first-order valence-corrected chi connectivity index (χ1v) is 5.97. The molecular weight excluding hydrogens is 267 g/mol. The number of nitrogens with one attached hydrogen (secondary N) is 1. The molecule has 0 radical (unpaired) electrons. The van der Waals surface area contributed by atoms with Gasteiger partial charge in [-0.1, -0.05) is 17.7 Å². The monoisotopic (exact) mass is 278 g/mol. The topological polar surface area (TPSA) is 55.1 Å². The number of carbonyl (C=O) groups is 1. The molecule has 2 aromatic carbocycles. The van der Waals surface area contributed by atoms with E-state index in [4.69, 9.17) is 17.3 Å². The molecule has 0 atom stereocenters. The summed E-state index contributed by atoms with van der Waals surface area (Å²) in [7, 11) is 0. The summed E-state index contributed by atoms with van der Waals surface area (Å²) in [4.78, 5) is 12.0. The van der Waals surface area contributed by atoms with E-state index in [-0.39, 0.29) is 11.3 Å². The van der Waals surface area contributed by atoms with E-state index < -0.39 is 11.7 Å². The molecule has 3 N–H and O–H groups in total. The molecule has 0 unspecified atom stereocenters. The highest BCUT2D eigenvalue weighted by atomic mass is 35.5. The number of hydrogen-bond donors (Lipinski definition) is 2. The lowest BCUT2D eigenvalue weighted by Crippen LogP contribution is -2.13. The van der Waals surface area contributed by atoms with Crippen LogP contribution in [0.25, 0.3) is 0 Å². The van der Waals surface area contributed by atoms with Crippen molar-refractivity contribution in [2.45, 2.75) is 6.92 Å². The number of halogens is 2. The maximum atomic E-state index is 13.2. The highest BCUT2D eigenvalue weighted by Crippen LogP contribution is 2.23. The second-order valence-electron chi connectivity index (χ2n) is 4.21. The molecule has 0 aliphatic carbocycles. The fraction of sp³-hybridized carbons (Fsp3) is 0.0714. The molecule has 2 aromatic rings. The third-order valence-corrected chi connectivity index (χ3v) is 2.87. The first kappa shape index (κ1) is 13.4.